The van der Waals surface area contributed by atoms with Crippen LogP contribution in [-0.2, 0) is 9.53 Å². The Balaban J connectivity index is 2.22. The number of nitrogens with two attached hydrogens (primary N) is 1. The number of methoxy groups -OCH3 is 1. The number of nitrogens with zero attached hydrogens (tertiary/aromatic N) is 2. The third-order valence-corrected chi connectivity index (χ3v) is 3.63. The topological polar surface area (TPSA) is 67.9 Å². The molecule has 0 spiro atoms. The number of carbonyl (C=O) groups excluding carboxylic acids is 1. The third kappa shape index (κ3) is 2.80. The minimum absolute atomic E-state index is 0.0817. The molecular weight excluding hydrogens is 297 g/mol. The van der Waals surface area contributed by atoms with Crippen LogP contribution < -0.4 is 10.6 Å². The number of halogens is 1. The van der Waals surface area contributed by atoms with E-state index < -0.39 is 5.82 Å². The van der Waals surface area contributed by atoms with Crippen LogP contribution in [0.25, 0.3) is 0 Å². The number of amides is 1. The number of fused-ring (bicyclic) bond motifs is 1. The van der Waals surface area contributed by atoms with Gasteiger partial charge in [0.2, 0.25) is 0 Å². The fourth-order valence-electron chi connectivity index (χ4n) is 2.58. The second-order valence-electron chi connectivity index (χ2n) is 5.16. The van der Waals surface area contributed by atoms with Crippen molar-refractivity contribution in [3.8, 4) is 0 Å². The number of aliphatic imine (C=N–C) groups is 1. The first-order valence-electron chi connectivity index (χ1n) is 7.10. The highest BCUT2D eigenvalue weighted by Gasteiger charge is 2.26. The van der Waals surface area contributed by atoms with Crippen LogP contribution in [0.4, 0.5) is 15.8 Å². The van der Waals surface area contributed by atoms with Crippen LogP contribution in [0.5, 0.6) is 0 Å². The lowest BCUT2D eigenvalue weighted by Gasteiger charge is -2.22. The molecule has 0 unspecified atom stereocenters. The summed E-state index contributed by atoms with van der Waals surface area (Å²) < 4.78 is 19.3. The van der Waals surface area contributed by atoms with E-state index in [1.807, 2.05) is 0 Å². The van der Waals surface area contributed by atoms with E-state index in [4.69, 9.17) is 10.5 Å². The monoisotopic (exact) mass is 313 g/mol. The molecule has 0 bridgehead atoms. The molecule has 2 N–H and O–H groups in total. The van der Waals surface area contributed by atoms with Crippen molar-refractivity contribution in [1.29, 1.82) is 0 Å². The van der Waals surface area contributed by atoms with Crippen LogP contribution in [0.1, 0.15) is 11.1 Å². The first kappa shape index (κ1) is 15.2. The molecule has 1 aliphatic heterocycles. The zero-order valence-electron chi connectivity index (χ0n) is 12.6. The maximum absolute atomic E-state index is 14.2. The van der Waals surface area contributed by atoms with Crippen LogP contribution in [-0.4, -0.2) is 32.0 Å². The molecule has 0 fully saturated rings. The van der Waals surface area contributed by atoms with Gasteiger partial charge in [0.25, 0.3) is 5.91 Å². The van der Waals surface area contributed by atoms with E-state index in [2.05, 4.69) is 4.99 Å². The van der Waals surface area contributed by atoms with E-state index in [0.29, 0.717) is 28.2 Å². The summed E-state index contributed by atoms with van der Waals surface area (Å²) >= 11 is 0. The molecule has 6 heteroatoms. The van der Waals surface area contributed by atoms with Crippen molar-refractivity contribution in [3.05, 3.63) is 59.4 Å². The van der Waals surface area contributed by atoms with E-state index in [9.17, 15) is 9.18 Å². The second-order valence-corrected chi connectivity index (χ2v) is 5.16. The molecule has 3 rings (SSSR count). The summed E-state index contributed by atoms with van der Waals surface area (Å²) in [5.74, 6) is -0.614. The molecule has 0 aliphatic carbocycles. The lowest BCUT2D eigenvalue weighted by atomic mass is 9.99. The van der Waals surface area contributed by atoms with Gasteiger partial charge in [-0.2, -0.15) is 0 Å². The highest BCUT2D eigenvalue weighted by Crippen LogP contribution is 2.29. The van der Waals surface area contributed by atoms with E-state index in [0.717, 1.165) is 0 Å². The summed E-state index contributed by atoms with van der Waals surface area (Å²) in [6.45, 7) is 0.0113. The molecule has 0 atom stereocenters. The average Bonchev–Trinajstić information content (AvgIpc) is 2.66. The van der Waals surface area contributed by atoms with Crippen LogP contribution in [0, 0.1) is 5.82 Å². The highest BCUT2D eigenvalue weighted by atomic mass is 19.1. The summed E-state index contributed by atoms with van der Waals surface area (Å²) in [5, 5.41) is 0. The van der Waals surface area contributed by atoms with Gasteiger partial charge in [0.05, 0.1) is 11.4 Å². The quantitative estimate of drug-likeness (QED) is 0.883. The minimum Gasteiger partial charge on any atom is -0.399 e. The van der Waals surface area contributed by atoms with Gasteiger partial charge in [0.1, 0.15) is 19.1 Å². The maximum Gasteiger partial charge on any atom is 0.250 e. The standard InChI is InChI=1S/C17H16FN3O2/c1-23-10-21-15-7-6-11(19)8-13(15)17(20-9-16(21)22)12-4-2-3-5-14(12)18/h2-8H,9-10,19H2,1H3. The predicted octanol–water partition coefficient (Wildman–Crippen LogP) is 2.20. The van der Waals surface area contributed by atoms with Gasteiger partial charge < -0.3 is 10.5 Å². The van der Waals surface area contributed by atoms with Gasteiger partial charge in [-0.1, -0.05) is 12.1 Å². The van der Waals surface area contributed by atoms with Gasteiger partial charge >= 0.3 is 0 Å². The number of nitrogen functional groups attached to an aromatic ring is 1. The summed E-state index contributed by atoms with van der Waals surface area (Å²) in [5.41, 5.74) is 8.36. The largest absolute Gasteiger partial charge is 0.399 e. The number of benzodiazepines with no additional fused rings is 1. The number of anilines is 2. The number of hydrogen-bond donors (Lipinski definition) is 1. The number of hydrogen-bond acceptors (Lipinski definition) is 4. The van der Waals surface area contributed by atoms with E-state index in [-0.39, 0.29) is 19.2 Å². The third-order valence-electron chi connectivity index (χ3n) is 3.63. The summed E-state index contributed by atoms with van der Waals surface area (Å²) in [7, 11) is 1.51. The molecule has 0 aromatic heterocycles. The molecule has 0 radical (unpaired) electrons. The first-order valence-corrected chi connectivity index (χ1v) is 7.10. The van der Waals surface area contributed by atoms with Gasteiger partial charge in [-0.25, -0.2) is 4.39 Å². The molecule has 0 saturated heterocycles. The van der Waals surface area contributed by atoms with Gasteiger partial charge in [0.15, 0.2) is 0 Å². The Morgan fingerprint density at radius 1 is 1.26 bits per heavy atom. The lowest BCUT2D eigenvalue weighted by molar-refractivity contribution is -0.118. The Hall–Kier alpha value is -2.73. The number of benzene rings is 2. The number of carbonyl (C=O) groups is 1. The fraction of sp³-hybridized carbons (Fsp3) is 0.176. The van der Waals surface area contributed by atoms with Crippen molar-refractivity contribution in [2.24, 2.45) is 4.99 Å². The zero-order valence-corrected chi connectivity index (χ0v) is 12.6. The Morgan fingerprint density at radius 2 is 2.04 bits per heavy atom. The van der Waals surface area contributed by atoms with Crippen molar-refractivity contribution in [1.82, 2.24) is 0 Å². The molecule has 23 heavy (non-hydrogen) atoms. The molecule has 1 heterocycles. The SMILES string of the molecule is COCN1C(=O)CN=C(c2ccccc2F)c2cc(N)ccc21. The van der Waals surface area contributed by atoms with Crippen molar-refractivity contribution in [2.75, 3.05) is 31.0 Å². The van der Waals surface area contributed by atoms with Gasteiger partial charge in [-0.3, -0.25) is 14.7 Å². The Kier molecular flexibility index (Phi) is 4.08. The summed E-state index contributed by atoms with van der Waals surface area (Å²) in [4.78, 5) is 18.1. The number of ether oxygens (including phenoxy) is 1. The molecule has 0 saturated carbocycles. The van der Waals surface area contributed by atoms with Crippen molar-refractivity contribution < 1.29 is 13.9 Å². The normalized spacial score (nSPS) is 14.3. The van der Waals surface area contributed by atoms with Crippen LogP contribution >= 0.6 is 0 Å². The predicted molar refractivity (Wildman–Crippen MR) is 87.1 cm³/mol. The molecule has 2 aromatic carbocycles. The van der Waals surface area contributed by atoms with Crippen LogP contribution in [0.15, 0.2) is 47.5 Å². The lowest BCUT2D eigenvalue weighted by Crippen LogP contribution is -2.34. The van der Waals surface area contributed by atoms with Crippen molar-refractivity contribution in [3.63, 3.8) is 0 Å². The molecule has 1 aliphatic rings. The molecular formula is C17H16FN3O2. The van der Waals surface area contributed by atoms with E-state index in [1.54, 1.807) is 36.4 Å². The number of rotatable bonds is 3. The minimum atomic E-state index is -0.396. The molecule has 118 valence electrons. The maximum atomic E-state index is 14.2. The summed E-state index contributed by atoms with van der Waals surface area (Å²) in [6.07, 6.45) is 0. The summed E-state index contributed by atoms with van der Waals surface area (Å²) in [6, 6.07) is 11.5. The van der Waals surface area contributed by atoms with E-state index >= 15 is 0 Å². The van der Waals surface area contributed by atoms with Gasteiger partial charge in [0, 0.05) is 23.9 Å². The fourth-order valence-corrected chi connectivity index (χ4v) is 2.58. The van der Waals surface area contributed by atoms with Gasteiger partial charge in [-0.05, 0) is 30.3 Å². The van der Waals surface area contributed by atoms with Crippen LogP contribution in [0.3, 0.4) is 0 Å². The smallest absolute Gasteiger partial charge is 0.250 e. The Morgan fingerprint density at radius 3 is 2.78 bits per heavy atom. The molecule has 2 aromatic rings. The molecule has 5 nitrogen and oxygen atoms in total. The van der Waals surface area contributed by atoms with Crippen LogP contribution in [0.2, 0.25) is 0 Å². The second kappa shape index (κ2) is 6.18. The molecule has 1 amide bonds. The van der Waals surface area contributed by atoms with Crippen molar-refractivity contribution >= 4 is 23.0 Å². The Bertz CT molecular complexity index is 789. The van der Waals surface area contributed by atoms with E-state index in [1.165, 1.54) is 18.1 Å². The average molecular weight is 313 g/mol. The zero-order chi connectivity index (χ0) is 16.4. The Labute approximate surface area is 133 Å². The highest BCUT2D eigenvalue weighted by molar-refractivity contribution is 6.20. The first-order chi connectivity index (χ1) is 11.1. The van der Waals surface area contributed by atoms with Gasteiger partial charge in [-0.15, -0.1) is 0 Å². The van der Waals surface area contributed by atoms with Crippen molar-refractivity contribution in [2.45, 2.75) is 0 Å².